The first-order valence-corrected chi connectivity index (χ1v) is 8.89. The molecule has 0 heterocycles. The average Bonchev–Trinajstić information content (AvgIpc) is 3.27. The third kappa shape index (κ3) is 2.35. The van der Waals surface area contributed by atoms with E-state index in [1.165, 1.54) is 0 Å². The Morgan fingerprint density at radius 3 is 2.26 bits per heavy atom. The lowest BCUT2D eigenvalue weighted by Crippen LogP contribution is -2.18. The third-order valence-electron chi connectivity index (χ3n) is 4.57. The molecular weight excluding hydrogens is 310 g/mol. The molecule has 0 spiro atoms. The van der Waals surface area contributed by atoms with Gasteiger partial charge in [0.05, 0.1) is 22.8 Å². The molecule has 2 aromatic carbocycles. The number of hydrogen-bond acceptors (Lipinski definition) is 4. The number of nitriles is 1. The van der Waals surface area contributed by atoms with Gasteiger partial charge in [0.1, 0.15) is 5.41 Å². The number of benzene rings is 2. The van der Waals surface area contributed by atoms with Gasteiger partial charge in [0, 0.05) is 5.92 Å². The molecule has 5 heteroatoms. The van der Waals surface area contributed by atoms with Crippen LogP contribution in [0.1, 0.15) is 17.0 Å². The second-order valence-corrected chi connectivity index (χ2v) is 8.05. The zero-order valence-electron chi connectivity index (χ0n) is 12.7. The monoisotopic (exact) mass is 327 g/mol. The second kappa shape index (κ2) is 5.48. The van der Waals surface area contributed by atoms with Crippen molar-refractivity contribution < 1.29 is 13.5 Å². The molecule has 0 unspecified atom stereocenters. The van der Waals surface area contributed by atoms with Crippen molar-refractivity contribution >= 4 is 9.84 Å². The van der Waals surface area contributed by atoms with E-state index in [4.69, 9.17) is 0 Å². The lowest BCUT2D eigenvalue weighted by atomic mass is 10.0. The zero-order valence-corrected chi connectivity index (χ0v) is 13.5. The average molecular weight is 327 g/mol. The summed E-state index contributed by atoms with van der Waals surface area (Å²) in [5.41, 5.74) is 0.460. The predicted octanol–water partition coefficient (Wildman–Crippen LogP) is 2.44. The predicted molar refractivity (Wildman–Crippen MR) is 86.5 cm³/mol. The summed E-state index contributed by atoms with van der Waals surface area (Å²) in [7, 11) is -3.69. The van der Waals surface area contributed by atoms with Gasteiger partial charge in [-0.1, -0.05) is 48.0 Å². The van der Waals surface area contributed by atoms with Crippen LogP contribution in [0.3, 0.4) is 0 Å². The highest BCUT2D eigenvalue weighted by Gasteiger charge is 2.72. The molecule has 2 aromatic rings. The summed E-state index contributed by atoms with van der Waals surface area (Å²) >= 11 is 0. The van der Waals surface area contributed by atoms with Gasteiger partial charge in [-0.05, 0) is 24.6 Å². The fourth-order valence-electron chi connectivity index (χ4n) is 3.22. The minimum atomic E-state index is -3.69. The second-order valence-electron chi connectivity index (χ2n) is 5.98. The number of nitrogens with zero attached hydrogens (tertiary/aromatic N) is 1. The highest BCUT2D eigenvalue weighted by atomic mass is 32.2. The molecule has 3 rings (SSSR count). The summed E-state index contributed by atoms with van der Waals surface area (Å²) in [6.45, 7) is 1.41. The summed E-state index contributed by atoms with van der Waals surface area (Å²) in [6.07, 6.45) is 0. The molecule has 23 heavy (non-hydrogen) atoms. The van der Waals surface area contributed by atoms with Crippen molar-refractivity contribution in [3.8, 4) is 6.07 Å². The van der Waals surface area contributed by atoms with E-state index >= 15 is 0 Å². The molecule has 0 aromatic heterocycles. The van der Waals surface area contributed by atoms with E-state index < -0.39 is 33.0 Å². The van der Waals surface area contributed by atoms with Gasteiger partial charge in [-0.2, -0.15) is 5.26 Å². The van der Waals surface area contributed by atoms with Crippen molar-refractivity contribution in [3.63, 3.8) is 0 Å². The van der Waals surface area contributed by atoms with Crippen LogP contribution in [0.25, 0.3) is 0 Å². The lowest BCUT2D eigenvalue weighted by Gasteiger charge is -2.06. The quantitative estimate of drug-likeness (QED) is 0.935. The Kier molecular flexibility index (Phi) is 3.75. The van der Waals surface area contributed by atoms with Gasteiger partial charge in [0.2, 0.25) is 0 Å². The molecule has 3 atom stereocenters. The summed E-state index contributed by atoms with van der Waals surface area (Å²) < 4.78 is 25.9. The van der Waals surface area contributed by atoms with Crippen LogP contribution < -0.4 is 0 Å². The van der Waals surface area contributed by atoms with Gasteiger partial charge < -0.3 is 5.11 Å². The molecule has 1 aliphatic rings. The highest BCUT2D eigenvalue weighted by Crippen LogP contribution is 2.63. The Morgan fingerprint density at radius 2 is 1.74 bits per heavy atom. The highest BCUT2D eigenvalue weighted by molar-refractivity contribution is 7.92. The van der Waals surface area contributed by atoms with Crippen LogP contribution in [-0.2, 0) is 9.84 Å². The van der Waals surface area contributed by atoms with Crippen LogP contribution in [0.4, 0.5) is 0 Å². The first kappa shape index (κ1) is 15.7. The van der Waals surface area contributed by atoms with Gasteiger partial charge in [0.15, 0.2) is 9.84 Å². The van der Waals surface area contributed by atoms with Crippen molar-refractivity contribution in [3.05, 3.63) is 65.7 Å². The van der Waals surface area contributed by atoms with E-state index in [0.29, 0.717) is 0 Å². The smallest absolute Gasteiger partial charge is 0.183 e. The Hall–Kier alpha value is -2.16. The van der Waals surface area contributed by atoms with E-state index in [9.17, 15) is 18.8 Å². The number of aryl methyl sites for hydroxylation is 1. The van der Waals surface area contributed by atoms with Crippen LogP contribution in [0.5, 0.6) is 0 Å². The van der Waals surface area contributed by atoms with Crippen molar-refractivity contribution in [1.29, 1.82) is 5.26 Å². The van der Waals surface area contributed by atoms with Crippen molar-refractivity contribution in [2.45, 2.75) is 23.0 Å². The zero-order chi connectivity index (χ0) is 16.7. The summed E-state index contributed by atoms with van der Waals surface area (Å²) in [4.78, 5) is 0.194. The molecular formula is C18H17NO3S. The molecule has 1 N–H and O–H groups in total. The minimum absolute atomic E-state index is 0.194. The van der Waals surface area contributed by atoms with Crippen molar-refractivity contribution in [2.24, 2.45) is 5.41 Å². The fourth-order valence-corrected chi connectivity index (χ4v) is 5.54. The van der Waals surface area contributed by atoms with Gasteiger partial charge in [-0.3, -0.25) is 0 Å². The molecule has 1 saturated carbocycles. The summed E-state index contributed by atoms with van der Waals surface area (Å²) in [5, 5.41) is 18.3. The number of sulfone groups is 1. The largest absolute Gasteiger partial charge is 0.395 e. The fraction of sp³-hybridized carbons (Fsp3) is 0.278. The minimum Gasteiger partial charge on any atom is -0.395 e. The number of aliphatic hydroxyl groups is 1. The normalized spacial score (nSPS) is 26.5. The van der Waals surface area contributed by atoms with E-state index in [2.05, 4.69) is 6.07 Å². The van der Waals surface area contributed by atoms with Crippen LogP contribution >= 0.6 is 0 Å². The molecule has 1 fully saturated rings. The topological polar surface area (TPSA) is 78.2 Å². The maximum absolute atomic E-state index is 13.0. The molecule has 0 bridgehead atoms. The molecule has 0 saturated heterocycles. The van der Waals surface area contributed by atoms with Gasteiger partial charge in [-0.15, -0.1) is 0 Å². The standard InChI is InChI=1S/C18H17NO3S/c1-13-7-9-15(10-8-13)23(21,22)17-16(18(17,11-19)12-20)14-5-3-2-4-6-14/h2-10,16-17,20H,12H2,1H3/t16-,17-,18+/m1/s1. The Labute approximate surface area is 135 Å². The third-order valence-corrected chi connectivity index (χ3v) is 6.86. The molecule has 1 aliphatic carbocycles. The van der Waals surface area contributed by atoms with Crippen LogP contribution in [0, 0.1) is 23.7 Å². The van der Waals surface area contributed by atoms with E-state index in [0.717, 1.165) is 11.1 Å². The maximum atomic E-state index is 13.0. The van der Waals surface area contributed by atoms with Crippen LogP contribution in [0.2, 0.25) is 0 Å². The SMILES string of the molecule is Cc1ccc(S(=O)(=O)[C@@H]2[C@@H](c3ccccc3)[C@]2(C#N)CO)cc1. The van der Waals surface area contributed by atoms with E-state index in [1.807, 2.05) is 25.1 Å². The number of rotatable bonds is 4. The summed E-state index contributed by atoms with van der Waals surface area (Å²) in [6, 6.07) is 17.7. The van der Waals surface area contributed by atoms with Gasteiger partial charge in [-0.25, -0.2) is 8.42 Å². The molecule has 4 nitrogen and oxygen atoms in total. The molecule has 0 radical (unpaired) electrons. The van der Waals surface area contributed by atoms with Gasteiger partial charge >= 0.3 is 0 Å². The Balaban J connectivity index is 2.07. The van der Waals surface area contributed by atoms with Crippen molar-refractivity contribution in [1.82, 2.24) is 0 Å². The summed E-state index contributed by atoms with van der Waals surface area (Å²) in [5.74, 6) is -0.509. The van der Waals surface area contributed by atoms with E-state index in [-0.39, 0.29) is 4.90 Å². The number of aliphatic hydroxyl groups excluding tert-OH is 1. The maximum Gasteiger partial charge on any atom is 0.183 e. The molecule has 0 amide bonds. The first-order chi connectivity index (χ1) is 11.0. The van der Waals surface area contributed by atoms with Crippen LogP contribution in [0.15, 0.2) is 59.5 Å². The Bertz CT molecular complexity index is 853. The lowest BCUT2D eigenvalue weighted by molar-refractivity contribution is 0.242. The molecule has 118 valence electrons. The van der Waals surface area contributed by atoms with Crippen molar-refractivity contribution in [2.75, 3.05) is 6.61 Å². The van der Waals surface area contributed by atoms with Gasteiger partial charge in [0.25, 0.3) is 0 Å². The Morgan fingerprint density at radius 1 is 1.13 bits per heavy atom. The van der Waals surface area contributed by atoms with Crippen LogP contribution in [-0.4, -0.2) is 25.4 Å². The number of hydrogen-bond donors (Lipinski definition) is 1. The first-order valence-electron chi connectivity index (χ1n) is 7.35. The van der Waals surface area contributed by atoms with E-state index in [1.54, 1.807) is 36.4 Å². The molecule has 0 aliphatic heterocycles.